The van der Waals surface area contributed by atoms with E-state index in [9.17, 15) is 24.2 Å². The number of allylic oxidation sites excluding steroid dienone is 14. The van der Waals surface area contributed by atoms with Crippen LogP contribution in [0.3, 0.4) is 0 Å². The first-order valence-corrected chi connectivity index (χ1v) is 23.3. The highest BCUT2D eigenvalue weighted by Gasteiger charge is 2.25. The minimum absolute atomic E-state index is 0.0294. The summed E-state index contributed by atoms with van der Waals surface area (Å²) < 4.78 is 32.7. The number of nitrogens with two attached hydrogens (primary N) is 1. The summed E-state index contributed by atoms with van der Waals surface area (Å²) in [6.45, 7) is 3.39. The standard InChI is InChI=1S/C47H78NO9P/c1-3-5-7-9-11-12-13-14-15-16-17-18-19-24-27-31-35-39-47(51)57-45(43-56-58(52,53)55-41-40-48)42-54-46(50)38-34-30-26-23-21-20-22-25-29-33-37-44(49)36-32-28-10-8-6-4-2/h6,8,11-12,14-15,20-21,25-26,28-30,32-33,37,44-45,49H,3-5,7,9-10,13,16-19,22-24,27,31,34-36,38-43,48H2,1-2H3,(H,52,53)/b8-6-,12-11-,15-14-,21-20-,29-25-,30-26-,32-28-,37-33+/t44?,45-/m1/s1. The maximum atomic E-state index is 12.6. The second kappa shape index (κ2) is 42.0. The second-order valence-electron chi connectivity index (χ2n) is 14.0. The van der Waals surface area contributed by atoms with Crippen LogP contribution in [0.5, 0.6) is 0 Å². The second-order valence-corrected chi connectivity index (χ2v) is 15.5. The highest BCUT2D eigenvalue weighted by Crippen LogP contribution is 2.43. The van der Waals surface area contributed by atoms with Crippen LogP contribution >= 0.6 is 7.82 Å². The molecule has 0 radical (unpaired) electrons. The number of aliphatic hydroxyl groups is 1. The van der Waals surface area contributed by atoms with Crippen molar-refractivity contribution in [2.45, 2.75) is 161 Å². The summed E-state index contributed by atoms with van der Waals surface area (Å²) in [5, 5.41) is 9.99. The van der Waals surface area contributed by atoms with Gasteiger partial charge in [0.15, 0.2) is 6.10 Å². The summed E-state index contributed by atoms with van der Waals surface area (Å²) in [6, 6.07) is 0. The molecule has 0 rings (SSSR count). The van der Waals surface area contributed by atoms with Gasteiger partial charge >= 0.3 is 19.8 Å². The highest BCUT2D eigenvalue weighted by molar-refractivity contribution is 7.47. The highest BCUT2D eigenvalue weighted by atomic mass is 31.2. The van der Waals surface area contributed by atoms with Gasteiger partial charge in [-0.1, -0.05) is 156 Å². The van der Waals surface area contributed by atoms with E-state index in [4.69, 9.17) is 24.3 Å². The molecule has 0 heterocycles. The Bertz CT molecular complexity index is 1280. The molecule has 2 unspecified atom stereocenters. The minimum atomic E-state index is -4.41. The molecule has 0 spiro atoms. The molecule has 330 valence electrons. The van der Waals surface area contributed by atoms with Crippen LogP contribution in [0.1, 0.15) is 149 Å². The number of unbranched alkanes of at least 4 members (excludes halogenated alkanes) is 10. The topological polar surface area (TPSA) is 155 Å². The first-order chi connectivity index (χ1) is 28.2. The quantitative estimate of drug-likeness (QED) is 0.0179. The smallest absolute Gasteiger partial charge is 0.462 e. The predicted molar refractivity (Wildman–Crippen MR) is 239 cm³/mol. The van der Waals surface area contributed by atoms with Crippen molar-refractivity contribution in [3.05, 3.63) is 97.2 Å². The van der Waals surface area contributed by atoms with Gasteiger partial charge in [-0.2, -0.15) is 0 Å². The van der Waals surface area contributed by atoms with Gasteiger partial charge in [0.2, 0.25) is 0 Å². The molecule has 10 nitrogen and oxygen atoms in total. The van der Waals surface area contributed by atoms with Crippen LogP contribution in [-0.4, -0.2) is 60.5 Å². The molecule has 3 atom stereocenters. The molecule has 0 saturated carbocycles. The molecule has 0 aliphatic heterocycles. The van der Waals surface area contributed by atoms with E-state index >= 15 is 0 Å². The third-order valence-electron chi connectivity index (χ3n) is 8.55. The first kappa shape index (κ1) is 54.9. The molecule has 0 fully saturated rings. The van der Waals surface area contributed by atoms with Gasteiger partial charge in [0, 0.05) is 19.4 Å². The van der Waals surface area contributed by atoms with Gasteiger partial charge in [0.1, 0.15) is 6.61 Å². The van der Waals surface area contributed by atoms with E-state index in [1.165, 1.54) is 44.9 Å². The third kappa shape index (κ3) is 41.1. The monoisotopic (exact) mass is 832 g/mol. The number of hydrogen-bond donors (Lipinski definition) is 3. The SMILES string of the molecule is CC/C=C\C/C=C\CC(O)/C=C/C=C\C/C=C\C/C=C\CCC(=O)OC[C@H](COP(=O)(O)OCCN)OC(=O)CCCCCCCCC/C=C\C/C=C\CCCCC. The Balaban J connectivity index is 4.36. The average Bonchev–Trinajstić information content (AvgIpc) is 3.21. The molecule has 0 saturated heterocycles. The zero-order valence-electron chi connectivity index (χ0n) is 35.8. The predicted octanol–water partition coefficient (Wildman–Crippen LogP) is 11.6. The van der Waals surface area contributed by atoms with Crippen molar-refractivity contribution >= 4 is 19.8 Å². The Kier molecular flexibility index (Phi) is 39.8. The number of carbonyl (C=O) groups excluding carboxylic acids is 2. The van der Waals surface area contributed by atoms with E-state index in [1.54, 1.807) is 6.08 Å². The lowest BCUT2D eigenvalue weighted by molar-refractivity contribution is -0.161. The number of rotatable bonds is 39. The van der Waals surface area contributed by atoms with E-state index in [0.717, 1.165) is 57.8 Å². The number of aliphatic hydroxyl groups excluding tert-OH is 1. The number of hydrogen-bond acceptors (Lipinski definition) is 9. The van der Waals surface area contributed by atoms with Crippen LogP contribution in [0.2, 0.25) is 0 Å². The minimum Gasteiger partial charge on any atom is -0.462 e. The van der Waals surface area contributed by atoms with Crippen molar-refractivity contribution < 1.29 is 42.7 Å². The van der Waals surface area contributed by atoms with Crippen molar-refractivity contribution in [3.63, 3.8) is 0 Å². The Hall–Kier alpha value is -3.11. The molecule has 0 aromatic carbocycles. The fraction of sp³-hybridized carbons (Fsp3) is 0.617. The van der Waals surface area contributed by atoms with Gasteiger partial charge in [0.05, 0.1) is 19.3 Å². The third-order valence-corrected chi connectivity index (χ3v) is 9.53. The lowest BCUT2D eigenvalue weighted by Gasteiger charge is -2.19. The summed E-state index contributed by atoms with van der Waals surface area (Å²) in [7, 11) is -4.41. The van der Waals surface area contributed by atoms with Crippen LogP contribution in [0, 0.1) is 0 Å². The summed E-state index contributed by atoms with van der Waals surface area (Å²) in [4.78, 5) is 34.9. The summed E-state index contributed by atoms with van der Waals surface area (Å²) in [5.41, 5.74) is 5.34. The van der Waals surface area contributed by atoms with E-state index in [1.807, 2.05) is 48.6 Å². The fourth-order valence-corrected chi connectivity index (χ4v) is 6.07. The maximum absolute atomic E-state index is 12.6. The zero-order chi connectivity index (χ0) is 42.6. The lowest BCUT2D eigenvalue weighted by atomic mass is 10.1. The maximum Gasteiger partial charge on any atom is 0.472 e. The summed E-state index contributed by atoms with van der Waals surface area (Å²) in [5.74, 6) is -0.975. The molecule has 0 bridgehead atoms. The molecule has 0 amide bonds. The Morgan fingerprint density at radius 2 is 1.19 bits per heavy atom. The van der Waals surface area contributed by atoms with Crippen molar-refractivity contribution in [1.29, 1.82) is 0 Å². The van der Waals surface area contributed by atoms with Gasteiger partial charge in [-0.05, 0) is 77.0 Å². The van der Waals surface area contributed by atoms with Gasteiger partial charge in [-0.25, -0.2) is 4.57 Å². The van der Waals surface area contributed by atoms with Crippen molar-refractivity contribution in [1.82, 2.24) is 0 Å². The number of ether oxygens (including phenoxy) is 2. The Labute approximate surface area is 351 Å². The van der Waals surface area contributed by atoms with Crippen LogP contribution in [0.4, 0.5) is 0 Å². The molecule has 0 aliphatic rings. The van der Waals surface area contributed by atoms with Crippen molar-refractivity contribution in [2.75, 3.05) is 26.4 Å². The van der Waals surface area contributed by atoms with Gasteiger partial charge < -0.3 is 25.2 Å². The number of phosphoric acid groups is 1. The normalized spacial score (nSPS) is 14.8. The molecule has 11 heteroatoms. The van der Waals surface area contributed by atoms with Crippen molar-refractivity contribution in [2.24, 2.45) is 5.73 Å². The van der Waals surface area contributed by atoms with E-state index in [0.29, 0.717) is 19.3 Å². The van der Waals surface area contributed by atoms with Crippen molar-refractivity contribution in [3.8, 4) is 0 Å². The van der Waals surface area contributed by atoms with Gasteiger partial charge in [0.25, 0.3) is 0 Å². The molecular weight excluding hydrogens is 753 g/mol. The fourth-order valence-electron chi connectivity index (χ4n) is 5.30. The summed E-state index contributed by atoms with van der Waals surface area (Å²) in [6.07, 6.45) is 50.5. The molecular formula is C47H78NO9P. The van der Waals surface area contributed by atoms with Crippen LogP contribution in [0.15, 0.2) is 97.2 Å². The van der Waals surface area contributed by atoms with Crippen LogP contribution < -0.4 is 5.73 Å². The van der Waals surface area contributed by atoms with E-state index in [2.05, 4.69) is 56.4 Å². The number of esters is 2. The molecule has 58 heavy (non-hydrogen) atoms. The molecule has 0 aliphatic carbocycles. The number of carbonyl (C=O) groups is 2. The Morgan fingerprint density at radius 3 is 1.84 bits per heavy atom. The van der Waals surface area contributed by atoms with Gasteiger partial charge in [-0.3, -0.25) is 18.6 Å². The number of phosphoric ester groups is 1. The lowest BCUT2D eigenvalue weighted by Crippen LogP contribution is -2.29. The van der Waals surface area contributed by atoms with E-state index in [-0.39, 0.29) is 32.6 Å². The van der Waals surface area contributed by atoms with E-state index < -0.39 is 38.6 Å². The average molecular weight is 832 g/mol. The van der Waals surface area contributed by atoms with Crippen LogP contribution in [-0.2, 0) is 32.7 Å². The molecule has 0 aromatic heterocycles. The largest absolute Gasteiger partial charge is 0.472 e. The molecule has 4 N–H and O–H groups in total. The molecule has 0 aromatic rings. The Morgan fingerprint density at radius 1 is 0.621 bits per heavy atom. The zero-order valence-corrected chi connectivity index (χ0v) is 36.7. The van der Waals surface area contributed by atoms with Gasteiger partial charge in [-0.15, -0.1) is 0 Å². The van der Waals surface area contributed by atoms with Crippen LogP contribution in [0.25, 0.3) is 0 Å². The summed E-state index contributed by atoms with van der Waals surface area (Å²) >= 11 is 0. The first-order valence-electron chi connectivity index (χ1n) is 21.8.